The smallest absolute Gasteiger partial charge is 0.176 e. The number of benzene rings is 1. The molecule has 2 heteroatoms. The van der Waals surface area contributed by atoms with Crippen molar-refractivity contribution in [2.75, 3.05) is 0 Å². The Labute approximate surface area is 95.9 Å². The van der Waals surface area contributed by atoms with Gasteiger partial charge in [0.25, 0.3) is 0 Å². The molecule has 16 heavy (non-hydrogen) atoms. The summed E-state index contributed by atoms with van der Waals surface area (Å²) in [6, 6.07) is 8.59. The van der Waals surface area contributed by atoms with Gasteiger partial charge in [0.05, 0.1) is 5.69 Å². The second-order valence-electron chi connectivity index (χ2n) is 4.61. The Morgan fingerprint density at radius 2 is 1.94 bits per heavy atom. The monoisotopic (exact) mass is 215 g/mol. The highest BCUT2D eigenvalue weighted by Gasteiger charge is 2.14. The van der Waals surface area contributed by atoms with E-state index >= 15 is 0 Å². The predicted octanol–water partition coefficient (Wildman–Crippen LogP) is 3.73. The third kappa shape index (κ3) is 1.64. The first-order valence-electron chi connectivity index (χ1n) is 5.63. The quantitative estimate of drug-likeness (QED) is 0.699. The molecular formula is C14H17NO. The van der Waals surface area contributed by atoms with E-state index in [4.69, 9.17) is 0 Å². The first kappa shape index (κ1) is 10.9. The Balaban J connectivity index is 2.82. The second-order valence-corrected chi connectivity index (χ2v) is 4.61. The Morgan fingerprint density at radius 3 is 2.50 bits per heavy atom. The Kier molecular flexibility index (Phi) is 2.58. The van der Waals surface area contributed by atoms with Crippen molar-refractivity contribution in [2.24, 2.45) is 0 Å². The number of nitrogens with zero attached hydrogens (tertiary/aromatic N) is 1. The fourth-order valence-electron chi connectivity index (χ4n) is 2.16. The van der Waals surface area contributed by atoms with E-state index in [1.807, 2.05) is 6.07 Å². The summed E-state index contributed by atoms with van der Waals surface area (Å²) in [7, 11) is 0. The second kappa shape index (κ2) is 3.78. The average molecular weight is 215 g/mol. The lowest BCUT2D eigenvalue weighted by molar-refractivity contribution is 0.100. The lowest BCUT2D eigenvalue weighted by atomic mass is 10.2. The number of rotatable bonds is 2. The SMILES string of the molecule is CC(=O)c1cc2ccc(C)cc2n1C(C)C. The number of aromatic nitrogens is 1. The molecule has 0 bridgehead atoms. The zero-order valence-electron chi connectivity index (χ0n) is 10.2. The van der Waals surface area contributed by atoms with Crippen LogP contribution in [-0.4, -0.2) is 10.4 Å². The van der Waals surface area contributed by atoms with Gasteiger partial charge in [-0.25, -0.2) is 0 Å². The minimum absolute atomic E-state index is 0.127. The molecule has 2 aromatic rings. The minimum atomic E-state index is 0.127. The normalized spacial score (nSPS) is 11.3. The molecule has 0 atom stereocenters. The van der Waals surface area contributed by atoms with E-state index in [1.165, 1.54) is 5.56 Å². The van der Waals surface area contributed by atoms with Gasteiger partial charge >= 0.3 is 0 Å². The molecule has 0 amide bonds. The van der Waals surface area contributed by atoms with E-state index in [-0.39, 0.29) is 5.78 Å². The third-order valence-electron chi connectivity index (χ3n) is 2.87. The van der Waals surface area contributed by atoms with Gasteiger partial charge in [-0.2, -0.15) is 0 Å². The maximum Gasteiger partial charge on any atom is 0.176 e. The molecule has 0 aliphatic heterocycles. The van der Waals surface area contributed by atoms with Gasteiger partial charge in [-0.05, 0) is 38.5 Å². The van der Waals surface area contributed by atoms with Gasteiger partial charge in [-0.1, -0.05) is 12.1 Å². The maximum absolute atomic E-state index is 11.6. The number of aryl methyl sites for hydroxylation is 1. The third-order valence-corrected chi connectivity index (χ3v) is 2.87. The van der Waals surface area contributed by atoms with Gasteiger partial charge < -0.3 is 4.57 Å². The molecule has 0 spiro atoms. The van der Waals surface area contributed by atoms with E-state index in [2.05, 4.69) is 43.5 Å². The highest BCUT2D eigenvalue weighted by atomic mass is 16.1. The maximum atomic E-state index is 11.6. The van der Waals surface area contributed by atoms with Crippen molar-refractivity contribution in [3.63, 3.8) is 0 Å². The zero-order chi connectivity index (χ0) is 11.9. The summed E-state index contributed by atoms with van der Waals surface area (Å²) in [5, 5.41) is 1.14. The topological polar surface area (TPSA) is 22.0 Å². The van der Waals surface area contributed by atoms with E-state index in [0.717, 1.165) is 16.6 Å². The molecule has 0 N–H and O–H groups in total. The number of fused-ring (bicyclic) bond motifs is 1. The zero-order valence-corrected chi connectivity index (χ0v) is 10.2. The van der Waals surface area contributed by atoms with Gasteiger partial charge in [0.2, 0.25) is 0 Å². The van der Waals surface area contributed by atoms with Crippen LogP contribution in [0.2, 0.25) is 0 Å². The highest BCUT2D eigenvalue weighted by Crippen LogP contribution is 2.25. The number of carbonyl (C=O) groups excluding carboxylic acids is 1. The van der Waals surface area contributed by atoms with Crippen LogP contribution in [0.25, 0.3) is 10.9 Å². The summed E-state index contributed by atoms with van der Waals surface area (Å²) < 4.78 is 2.12. The molecule has 2 nitrogen and oxygen atoms in total. The highest BCUT2D eigenvalue weighted by molar-refractivity contribution is 5.98. The molecule has 0 aliphatic carbocycles. The Bertz CT molecular complexity index is 549. The molecule has 0 aliphatic rings. The molecule has 1 aromatic heterocycles. The number of hydrogen-bond acceptors (Lipinski definition) is 1. The minimum Gasteiger partial charge on any atom is -0.336 e. The van der Waals surface area contributed by atoms with E-state index in [1.54, 1.807) is 6.92 Å². The summed E-state index contributed by atoms with van der Waals surface area (Å²) >= 11 is 0. The number of carbonyl (C=O) groups is 1. The van der Waals surface area contributed by atoms with Crippen LogP contribution >= 0.6 is 0 Å². The fraction of sp³-hybridized carbons (Fsp3) is 0.357. The van der Waals surface area contributed by atoms with Crippen LogP contribution in [0, 0.1) is 6.92 Å². The number of hydrogen-bond donors (Lipinski definition) is 0. The Hall–Kier alpha value is -1.57. The van der Waals surface area contributed by atoms with Gasteiger partial charge in [0.1, 0.15) is 0 Å². The van der Waals surface area contributed by atoms with Crippen LogP contribution in [0.4, 0.5) is 0 Å². The largest absolute Gasteiger partial charge is 0.336 e. The van der Waals surface area contributed by atoms with Crippen LogP contribution in [0.5, 0.6) is 0 Å². The molecule has 84 valence electrons. The summed E-state index contributed by atoms with van der Waals surface area (Å²) in [6.45, 7) is 7.91. The Morgan fingerprint density at radius 1 is 1.25 bits per heavy atom. The van der Waals surface area contributed by atoms with Gasteiger partial charge in [-0.15, -0.1) is 0 Å². The van der Waals surface area contributed by atoms with Crippen LogP contribution in [0.3, 0.4) is 0 Å². The van der Waals surface area contributed by atoms with Crippen LogP contribution in [-0.2, 0) is 0 Å². The molecule has 1 aromatic carbocycles. The van der Waals surface area contributed by atoms with Crippen molar-refractivity contribution in [2.45, 2.75) is 33.7 Å². The fourth-order valence-corrected chi connectivity index (χ4v) is 2.16. The van der Waals surface area contributed by atoms with Crippen molar-refractivity contribution < 1.29 is 4.79 Å². The van der Waals surface area contributed by atoms with E-state index < -0.39 is 0 Å². The van der Waals surface area contributed by atoms with Crippen molar-refractivity contribution in [3.8, 4) is 0 Å². The van der Waals surface area contributed by atoms with Gasteiger partial charge in [0.15, 0.2) is 5.78 Å². The van der Waals surface area contributed by atoms with E-state index in [9.17, 15) is 4.79 Å². The molecule has 1 heterocycles. The summed E-state index contributed by atoms with van der Waals surface area (Å²) in [5.41, 5.74) is 3.18. The van der Waals surface area contributed by atoms with Gasteiger partial charge in [0, 0.05) is 23.9 Å². The van der Waals surface area contributed by atoms with Crippen molar-refractivity contribution in [1.29, 1.82) is 0 Å². The van der Waals surface area contributed by atoms with Crippen molar-refractivity contribution in [3.05, 3.63) is 35.5 Å². The number of ketones is 1. The van der Waals surface area contributed by atoms with Crippen molar-refractivity contribution >= 4 is 16.7 Å². The molecule has 0 unspecified atom stereocenters. The molecular weight excluding hydrogens is 198 g/mol. The lowest BCUT2D eigenvalue weighted by Crippen LogP contribution is -2.08. The summed E-state index contributed by atoms with van der Waals surface area (Å²) in [6.07, 6.45) is 0. The van der Waals surface area contributed by atoms with Crippen LogP contribution < -0.4 is 0 Å². The summed E-state index contributed by atoms with van der Waals surface area (Å²) in [5.74, 6) is 0.127. The first-order valence-corrected chi connectivity index (χ1v) is 5.63. The predicted molar refractivity (Wildman–Crippen MR) is 67.1 cm³/mol. The summed E-state index contributed by atoms with van der Waals surface area (Å²) in [4.78, 5) is 11.6. The number of Topliss-reactive ketones (excluding diaryl/α,β-unsaturated/α-hetero) is 1. The molecule has 0 fully saturated rings. The standard InChI is InChI=1S/C14H17NO/c1-9(2)15-13(11(4)16)8-12-6-5-10(3)7-14(12)15/h5-9H,1-4H3. The van der Waals surface area contributed by atoms with Crippen LogP contribution in [0.1, 0.15) is 42.9 Å². The average Bonchev–Trinajstić information content (AvgIpc) is 2.55. The first-order chi connectivity index (χ1) is 7.50. The molecule has 0 saturated carbocycles. The van der Waals surface area contributed by atoms with Gasteiger partial charge in [-0.3, -0.25) is 4.79 Å². The van der Waals surface area contributed by atoms with Crippen LogP contribution in [0.15, 0.2) is 24.3 Å². The molecule has 0 radical (unpaired) electrons. The molecule has 0 saturated heterocycles. The lowest BCUT2D eigenvalue weighted by Gasteiger charge is -2.13. The van der Waals surface area contributed by atoms with E-state index in [0.29, 0.717) is 6.04 Å². The molecule has 2 rings (SSSR count). The van der Waals surface area contributed by atoms with Crippen molar-refractivity contribution in [1.82, 2.24) is 4.57 Å².